The molecule has 3 nitrogen and oxygen atoms in total. The van der Waals surface area contributed by atoms with Gasteiger partial charge < -0.3 is 10.0 Å². The Labute approximate surface area is 112 Å². The fraction of sp³-hybridized carbons (Fsp3) is 0.267. The number of benzene rings is 1. The molecule has 0 saturated heterocycles. The van der Waals surface area contributed by atoms with Crippen LogP contribution < -0.4 is 4.90 Å². The maximum Gasteiger partial charge on any atom is 0.128 e. The third-order valence-electron chi connectivity index (χ3n) is 3.01. The van der Waals surface area contributed by atoms with Gasteiger partial charge in [-0.2, -0.15) is 0 Å². The summed E-state index contributed by atoms with van der Waals surface area (Å²) in [6.45, 7) is 2.14. The van der Waals surface area contributed by atoms with E-state index in [0.717, 1.165) is 5.56 Å². The zero-order valence-electron chi connectivity index (χ0n) is 11.0. The van der Waals surface area contributed by atoms with Crippen molar-refractivity contribution in [2.24, 2.45) is 0 Å². The minimum Gasteiger partial charge on any atom is -0.389 e. The molecule has 0 aliphatic rings. The second-order valence-corrected chi connectivity index (χ2v) is 4.57. The highest BCUT2D eigenvalue weighted by atomic mass is 19.1. The summed E-state index contributed by atoms with van der Waals surface area (Å²) in [4.78, 5) is 6.09. The van der Waals surface area contributed by atoms with Crippen LogP contribution in [-0.2, 0) is 6.54 Å². The molecule has 1 N–H and O–H groups in total. The maximum absolute atomic E-state index is 13.6. The van der Waals surface area contributed by atoms with Crippen molar-refractivity contribution in [1.82, 2.24) is 4.98 Å². The smallest absolute Gasteiger partial charge is 0.128 e. The Morgan fingerprint density at radius 2 is 2.05 bits per heavy atom. The normalized spacial score (nSPS) is 12.2. The average Bonchev–Trinajstić information content (AvgIpc) is 2.41. The van der Waals surface area contributed by atoms with E-state index in [1.54, 1.807) is 31.3 Å². The third kappa shape index (κ3) is 3.29. The van der Waals surface area contributed by atoms with E-state index >= 15 is 0 Å². The molecule has 0 aliphatic carbocycles. The molecule has 0 radical (unpaired) electrons. The lowest BCUT2D eigenvalue weighted by Crippen LogP contribution is -2.18. The van der Waals surface area contributed by atoms with Crippen LogP contribution in [0.25, 0.3) is 0 Å². The largest absolute Gasteiger partial charge is 0.389 e. The molecule has 0 saturated carbocycles. The quantitative estimate of drug-likeness (QED) is 0.918. The number of aliphatic hydroxyl groups excluding tert-OH is 1. The standard InChI is InChI=1S/C15H17FN2O/c1-11(19)12-7-8-17-15(9-12)18(2)10-13-5-3-4-6-14(13)16/h3-9,11,19H,10H2,1-2H3. The molecule has 1 atom stereocenters. The number of aromatic nitrogens is 1. The summed E-state index contributed by atoms with van der Waals surface area (Å²) >= 11 is 0. The highest BCUT2D eigenvalue weighted by molar-refractivity contribution is 5.41. The Morgan fingerprint density at radius 1 is 1.32 bits per heavy atom. The van der Waals surface area contributed by atoms with E-state index in [4.69, 9.17) is 0 Å². The van der Waals surface area contributed by atoms with Gasteiger partial charge in [-0.05, 0) is 30.7 Å². The number of rotatable bonds is 4. The van der Waals surface area contributed by atoms with E-state index in [1.165, 1.54) is 6.07 Å². The Hall–Kier alpha value is -1.94. The molecule has 1 aromatic heterocycles. The lowest BCUT2D eigenvalue weighted by Gasteiger charge is -2.19. The molecule has 1 unspecified atom stereocenters. The molecule has 19 heavy (non-hydrogen) atoms. The number of nitrogens with zero attached hydrogens (tertiary/aromatic N) is 2. The number of hydrogen-bond acceptors (Lipinski definition) is 3. The van der Waals surface area contributed by atoms with E-state index in [-0.39, 0.29) is 5.82 Å². The maximum atomic E-state index is 13.6. The molecule has 0 bridgehead atoms. The summed E-state index contributed by atoms with van der Waals surface area (Å²) in [6.07, 6.45) is 1.11. The summed E-state index contributed by atoms with van der Waals surface area (Å²) in [5, 5.41) is 9.56. The fourth-order valence-corrected chi connectivity index (χ4v) is 1.87. The Kier molecular flexibility index (Phi) is 4.12. The van der Waals surface area contributed by atoms with E-state index in [0.29, 0.717) is 17.9 Å². The van der Waals surface area contributed by atoms with Crippen LogP contribution in [0.2, 0.25) is 0 Å². The van der Waals surface area contributed by atoms with Gasteiger partial charge in [-0.3, -0.25) is 0 Å². The second-order valence-electron chi connectivity index (χ2n) is 4.57. The molecule has 0 fully saturated rings. The first kappa shape index (κ1) is 13.5. The molecule has 2 rings (SSSR count). The highest BCUT2D eigenvalue weighted by Gasteiger charge is 2.09. The van der Waals surface area contributed by atoms with Crippen LogP contribution in [0.3, 0.4) is 0 Å². The minimum absolute atomic E-state index is 0.221. The molecule has 2 aromatic rings. The van der Waals surface area contributed by atoms with Crippen molar-refractivity contribution in [3.8, 4) is 0 Å². The predicted octanol–water partition coefficient (Wildman–Crippen LogP) is 2.91. The molecular formula is C15H17FN2O. The van der Waals surface area contributed by atoms with Crippen LogP contribution in [0.5, 0.6) is 0 Å². The Bertz CT molecular complexity index is 557. The van der Waals surface area contributed by atoms with Gasteiger partial charge in [-0.15, -0.1) is 0 Å². The number of hydrogen-bond donors (Lipinski definition) is 1. The van der Waals surface area contributed by atoms with Crippen LogP contribution in [0.4, 0.5) is 10.2 Å². The molecule has 0 aliphatic heterocycles. The van der Waals surface area contributed by atoms with Crippen LogP contribution in [0.15, 0.2) is 42.6 Å². The fourth-order valence-electron chi connectivity index (χ4n) is 1.87. The van der Waals surface area contributed by atoms with E-state index in [2.05, 4.69) is 4.98 Å². The number of pyridine rings is 1. The molecule has 0 amide bonds. The van der Waals surface area contributed by atoms with Crippen molar-refractivity contribution in [3.63, 3.8) is 0 Å². The summed E-state index contributed by atoms with van der Waals surface area (Å²) in [5.74, 6) is 0.489. The molecule has 1 aromatic carbocycles. The average molecular weight is 260 g/mol. The van der Waals surface area contributed by atoms with Crippen molar-refractivity contribution in [2.75, 3.05) is 11.9 Å². The van der Waals surface area contributed by atoms with Gasteiger partial charge in [-0.25, -0.2) is 9.37 Å². The van der Waals surface area contributed by atoms with Gasteiger partial charge in [0.25, 0.3) is 0 Å². The van der Waals surface area contributed by atoms with Gasteiger partial charge in [0.15, 0.2) is 0 Å². The number of halogens is 1. The third-order valence-corrected chi connectivity index (χ3v) is 3.01. The lowest BCUT2D eigenvalue weighted by molar-refractivity contribution is 0.199. The van der Waals surface area contributed by atoms with Gasteiger partial charge in [-0.1, -0.05) is 18.2 Å². The first-order valence-electron chi connectivity index (χ1n) is 6.16. The molecule has 1 heterocycles. The van der Waals surface area contributed by atoms with Crippen molar-refractivity contribution in [1.29, 1.82) is 0 Å². The predicted molar refractivity (Wildman–Crippen MR) is 73.4 cm³/mol. The van der Waals surface area contributed by atoms with E-state index in [1.807, 2.05) is 24.1 Å². The zero-order valence-corrected chi connectivity index (χ0v) is 11.0. The van der Waals surface area contributed by atoms with Crippen molar-refractivity contribution < 1.29 is 9.50 Å². The Balaban J connectivity index is 2.18. The van der Waals surface area contributed by atoms with Crippen LogP contribution >= 0.6 is 0 Å². The lowest BCUT2D eigenvalue weighted by atomic mass is 10.1. The van der Waals surface area contributed by atoms with Crippen LogP contribution in [0, 0.1) is 5.82 Å². The molecule has 100 valence electrons. The van der Waals surface area contributed by atoms with Gasteiger partial charge in [0.05, 0.1) is 6.10 Å². The SMILES string of the molecule is CC(O)c1ccnc(N(C)Cc2ccccc2F)c1. The van der Waals surface area contributed by atoms with E-state index in [9.17, 15) is 9.50 Å². The molecular weight excluding hydrogens is 243 g/mol. The van der Waals surface area contributed by atoms with Gasteiger partial charge >= 0.3 is 0 Å². The van der Waals surface area contributed by atoms with Crippen molar-refractivity contribution in [3.05, 3.63) is 59.5 Å². The summed E-state index contributed by atoms with van der Waals surface area (Å²) in [7, 11) is 1.85. The summed E-state index contributed by atoms with van der Waals surface area (Å²) in [6, 6.07) is 10.3. The first-order chi connectivity index (χ1) is 9.08. The van der Waals surface area contributed by atoms with Crippen LogP contribution in [0.1, 0.15) is 24.2 Å². The number of anilines is 1. The monoisotopic (exact) mass is 260 g/mol. The minimum atomic E-state index is -0.538. The topological polar surface area (TPSA) is 36.4 Å². The number of aliphatic hydroxyl groups is 1. The van der Waals surface area contributed by atoms with Gasteiger partial charge in [0.2, 0.25) is 0 Å². The summed E-state index contributed by atoms with van der Waals surface area (Å²) < 4.78 is 13.6. The summed E-state index contributed by atoms with van der Waals surface area (Å²) in [5.41, 5.74) is 1.42. The van der Waals surface area contributed by atoms with Crippen molar-refractivity contribution in [2.45, 2.75) is 19.6 Å². The zero-order chi connectivity index (χ0) is 13.8. The van der Waals surface area contributed by atoms with Crippen molar-refractivity contribution >= 4 is 5.82 Å². The second kappa shape index (κ2) is 5.80. The van der Waals surface area contributed by atoms with Crippen LogP contribution in [-0.4, -0.2) is 17.1 Å². The molecule has 0 spiro atoms. The van der Waals surface area contributed by atoms with E-state index < -0.39 is 6.10 Å². The van der Waals surface area contributed by atoms with Gasteiger partial charge in [0.1, 0.15) is 11.6 Å². The van der Waals surface area contributed by atoms with Gasteiger partial charge in [0, 0.05) is 25.4 Å². The highest BCUT2D eigenvalue weighted by Crippen LogP contribution is 2.19. The molecule has 4 heteroatoms. The first-order valence-corrected chi connectivity index (χ1v) is 6.16. The Morgan fingerprint density at radius 3 is 2.74 bits per heavy atom.